The maximum absolute atomic E-state index is 12.5. The van der Waals surface area contributed by atoms with Crippen LogP contribution >= 0.6 is 0 Å². The molecule has 0 radical (unpaired) electrons. The predicted octanol–water partition coefficient (Wildman–Crippen LogP) is 1.76. The molecule has 0 aliphatic carbocycles. The van der Waals surface area contributed by atoms with Crippen molar-refractivity contribution in [2.75, 3.05) is 18.9 Å². The smallest absolute Gasteiger partial charge is 0.338 e. The number of Topliss-reactive ketones (excluding diaryl/α,β-unsaturated/α-hetero) is 1. The quantitative estimate of drug-likeness (QED) is 0.355. The van der Waals surface area contributed by atoms with Crippen LogP contribution in [0.5, 0.6) is 5.75 Å². The summed E-state index contributed by atoms with van der Waals surface area (Å²) in [4.78, 5) is 49.3. The lowest BCUT2D eigenvalue weighted by atomic mass is 10.2. The maximum atomic E-state index is 12.5. The molecule has 1 heterocycles. The molecule has 0 spiro atoms. The van der Waals surface area contributed by atoms with Crippen molar-refractivity contribution in [1.29, 1.82) is 0 Å². The van der Waals surface area contributed by atoms with Crippen LogP contribution in [0, 0.1) is 0 Å². The molecule has 2 N–H and O–H groups in total. The summed E-state index contributed by atoms with van der Waals surface area (Å²) in [7, 11) is 1.27. The van der Waals surface area contributed by atoms with Crippen LogP contribution in [0.3, 0.4) is 0 Å². The Morgan fingerprint density at radius 2 is 1.73 bits per heavy atom. The molecular formula is C21H27N3O6. The molecular weight excluding hydrogens is 390 g/mol. The van der Waals surface area contributed by atoms with E-state index in [1.165, 1.54) is 19.2 Å². The van der Waals surface area contributed by atoms with Crippen molar-refractivity contribution in [3.63, 3.8) is 0 Å². The minimum Gasteiger partial charge on any atom is -0.494 e. The molecule has 0 aliphatic rings. The van der Waals surface area contributed by atoms with E-state index in [0.29, 0.717) is 18.8 Å². The largest absolute Gasteiger partial charge is 0.494 e. The number of anilines is 1. The third kappa shape index (κ3) is 5.16. The van der Waals surface area contributed by atoms with Crippen LogP contribution < -0.4 is 21.7 Å². The van der Waals surface area contributed by atoms with Gasteiger partial charge in [-0.25, -0.2) is 9.59 Å². The summed E-state index contributed by atoms with van der Waals surface area (Å²) in [6.07, 6.45) is 2.53. The number of benzene rings is 1. The van der Waals surface area contributed by atoms with E-state index >= 15 is 0 Å². The van der Waals surface area contributed by atoms with E-state index in [9.17, 15) is 19.2 Å². The fraction of sp³-hybridized carbons (Fsp3) is 0.429. The van der Waals surface area contributed by atoms with Crippen LogP contribution in [-0.4, -0.2) is 34.1 Å². The number of hydrogen-bond acceptors (Lipinski definition) is 7. The van der Waals surface area contributed by atoms with Crippen LogP contribution in [0.15, 0.2) is 33.9 Å². The van der Waals surface area contributed by atoms with E-state index < -0.39 is 29.6 Å². The molecule has 1 aromatic carbocycles. The Labute approximate surface area is 174 Å². The van der Waals surface area contributed by atoms with Crippen molar-refractivity contribution in [3.8, 4) is 5.75 Å². The number of nitrogens with two attached hydrogens (primary N) is 1. The Morgan fingerprint density at radius 3 is 2.33 bits per heavy atom. The van der Waals surface area contributed by atoms with Gasteiger partial charge in [-0.15, -0.1) is 0 Å². The number of ether oxygens (including phenoxy) is 2. The highest BCUT2D eigenvalue weighted by atomic mass is 16.5. The molecule has 0 atom stereocenters. The molecule has 9 heteroatoms. The molecule has 0 aliphatic heterocycles. The highest BCUT2D eigenvalue weighted by molar-refractivity contribution is 6.02. The molecule has 0 unspecified atom stereocenters. The highest BCUT2D eigenvalue weighted by Gasteiger charge is 2.22. The van der Waals surface area contributed by atoms with Gasteiger partial charge in [-0.2, -0.15) is 0 Å². The van der Waals surface area contributed by atoms with Gasteiger partial charge in [0.1, 0.15) is 17.1 Å². The second kappa shape index (κ2) is 10.4. The first kappa shape index (κ1) is 22.9. The summed E-state index contributed by atoms with van der Waals surface area (Å²) in [6.45, 7) is 4.07. The van der Waals surface area contributed by atoms with Gasteiger partial charge in [0.2, 0.25) is 5.78 Å². The Hall–Kier alpha value is -3.36. The minimum absolute atomic E-state index is 0.223. The topological polar surface area (TPSA) is 123 Å². The molecule has 0 saturated heterocycles. The molecule has 30 heavy (non-hydrogen) atoms. The van der Waals surface area contributed by atoms with Gasteiger partial charge in [-0.3, -0.25) is 18.7 Å². The van der Waals surface area contributed by atoms with E-state index in [0.717, 1.165) is 22.0 Å². The fourth-order valence-corrected chi connectivity index (χ4v) is 2.79. The van der Waals surface area contributed by atoms with Crippen molar-refractivity contribution in [1.82, 2.24) is 9.13 Å². The van der Waals surface area contributed by atoms with Gasteiger partial charge in [0.05, 0.1) is 12.2 Å². The van der Waals surface area contributed by atoms with Crippen LogP contribution in [0.4, 0.5) is 5.82 Å². The summed E-state index contributed by atoms with van der Waals surface area (Å²) < 4.78 is 12.6. The summed E-state index contributed by atoms with van der Waals surface area (Å²) in [5.41, 5.74) is 4.35. The number of carbonyl (C=O) groups excluding carboxylic acids is 2. The van der Waals surface area contributed by atoms with Crippen molar-refractivity contribution >= 4 is 17.6 Å². The summed E-state index contributed by atoms with van der Waals surface area (Å²) >= 11 is 0. The minimum atomic E-state index is -0.820. The standard InChI is InChI=1S/C21H27N3O6/c1-4-6-12-29-15-9-7-14(8-10-15)20(27)30-13-16(25)17-18(22)24(11-5-2)21(28)23(3)19(17)26/h7-10H,4-6,11-13,22H2,1-3H3. The zero-order valence-electron chi connectivity index (χ0n) is 17.5. The van der Waals surface area contributed by atoms with E-state index in [1.54, 1.807) is 12.1 Å². The first-order valence-electron chi connectivity index (χ1n) is 9.84. The third-order valence-corrected chi connectivity index (χ3v) is 4.50. The Kier molecular flexibility index (Phi) is 7.97. The van der Waals surface area contributed by atoms with Gasteiger partial charge in [0.25, 0.3) is 5.56 Å². The lowest BCUT2D eigenvalue weighted by Crippen LogP contribution is -2.43. The normalized spacial score (nSPS) is 10.6. The van der Waals surface area contributed by atoms with Crippen molar-refractivity contribution in [2.45, 2.75) is 39.7 Å². The number of ketones is 1. The van der Waals surface area contributed by atoms with Gasteiger partial charge in [0.15, 0.2) is 6.61 Å². The second-order valence-corrected chi connectivity index (χ2v) is 6.78. The Bertz CT molecular complexity index is 1020. The molecule has 0 saturated carbocycles. The van der Waals surface area contributed by atoms with E-state index in [1.807, 2.05) is 6.92 Å². The average molecular weight is 417 g/mol. The van der Waals surface area contributed by atoms with Crippen LogP contribution in [-0.2, 0) is 18.3 Å². The molecule has 0 amide bonds. The number of hydrogen-bond donors (Lipinski definition) is 1. The lowest BCUT2D eigenvalue weighted by Gasteiger charge is -2.14. The van der Waals surface area contributed by atoms with Crippen LogP contribution in [0.2, 0.25) is 0 Å². The molecule has 9 nitrogen and oxygen atoms in total. The van der Waals surface area contributed by atoms with Crippen LogP contribution in [0.25, 0.3) is 0 Å². The van der Waals surface area contributed by atoms with Crippen molar-refractivity contribution in [2.24, 2.45) is 7.05 Å². The molecule has 1 aromatic heterocycles. The number of unbranched alkanes of at least 4 members (excludes halogenated alkanes) is 1. The number of nitrogens with zero attached hydrogens (tertiary/aromatic N) is 2. The SMILES string of the molecule is CCCCOc1ccc(C(=O)OCC(=O)c2c(N)n(CCC)c(=O)n(C)c2=O)cc1. The predicted molar refractivity (Wildman–Crippen MR) is 112 cm³/mol. The number of aromatic nitrogens is 2. The Balaban J connectivity index is 2.11. The first-order chi connectivity index (χ1) is 14.3. The molecule has 2 rings (SSSR count). The van der Waals surface area contributed by atoms with Gasteiger partial charge < -0.3 is 15.2 Å². The lowest BCUT2D eigenvalue weighted by molar-refractivity contribution is 0.0474. The van der Waals surface area contributed by atoms with Gasteiger partial charge >= 0.3 is 11.7 Å². The van der Waals surface area contributed by atoms with Gasteiger partial charge in [-0.1, -0.05) is 20.3 Å². The van der Waals surface area contributed by atoms with Crippen LogP contribution in [0.1, 0.15) is 53.8 Å². The highest BCUT2D eigenvalue weighted by Crippen LogP contribution is 2.14. The molecule has 0 fully saturated rings. The number of rotatable bonds is 10. The second-order valence-electron chi connectivity index (χ2n) is 6.78. The summed E-state index contributed by atoms with van der Waals surface area (Å²) in [6, 6.07) is 6.34. The number of esters is 1. The number of carbonyl (C=O) groups is 2. The van der Waals surface area contributed by atoms with Gasteiger partial charge in [-0.05, 0) is 37.1 Å². The molecule has 0 bridgehead atoms. The summed E-state index contributed by atoms with van der Waals surface area (Å²) in [5, 5.41) is 0. The van der Waals surface area contributed by atoms with E-state index in [-0.39, 0.29) is 23.5 Å². The molecule has 162 valence electrons. The monoisotopic (exact) mass is 417 g/mol. The van der Waals surface area contributed by atoms with Crippen molar-refractivity contribution < 1.29 is 19.1 Å². The Morgan fingerprint density at radius 1 is 1.07 bits per heavy atom. The van der Waals surface area contributed by atoms with Crippen molar-refractivity contribution in [3.05, 3.63) is 56.2 Å². The third-order valence-electron chi connectivity index (χ3n) is 4.50. The van der Waals surface area contributed by atoms with E-state index in [2.05, 4.69) is 6.92 Å². The first-order valence-corrected chi connectivity index (χ1v) is 9.84. The average Bonchev–Trinajstić information content (AvgIpc) is 2.74. The zero-order chi connectivity index (χ0) is 22.3. The summed E-state index contributed by atoms with van der Waals surface area (Å²) in [5.74, 6) is -1.09. The van der Waals surface area contributed by atoms with Gasteiger partial charge in [0, 0.05) is 13.6 Å². The molecule has 2 aromatic rings. The fourth-order valence-electron chi connectivity index (χ4n) is 2.79. The van der Waals surface area contributed by atoms with E-state index in [4.69, 9.17) is 15.2 Å². The number of nitrogen functional groups attached to an aromatic ring is 1. The maximum Gasteiger partial charge on any atom is 0.338 e. The zero-order valence-corrected chi connectivity index (χ0v) is 17.5.